The van der Waals surface area contributed by atoms with Gasteiger partial charge in [-0.05, 0) is 13.0 Å². The summed E-state index contributed by atoms with van der Waals surface area (Å²) in [5, 5.41) is 0. The normalized spacial score (nSPS) is 33.0. The molecule has 8 heavy (non-hydrogen) atoms. The highest BCUT2D eigenvalue weighted by Gasteiger charge is 2.11. The first-order chi connectivity index (χ1) is 3.79. The molecule has 0 aromatic carbocycles. The topological polar surface area (TPSA) is 12.5 Å². The molecule has 0 aromatic rings. The average molecular weight is 115 g/mol. The van der Waals surface area contributed by atoms with Crippen LogP contribution in [0.4, 0.5) is 0 Å². The molecular weight excluding hydrogens is 102 g/mol. The number of nitrogens with zero attached hydrogens (tertiary/aromatic N) is 1. The molecule has 1 unspecified atom stereocenters. The minimum absolute atomic E-state index is 0.716. The van der Waals surface area contributed by atoms with Gasteiger partial charge in [-0.15, -0.1) is 0 Å². The van der Waals surface area contributed by atoms with Gasteiger partial charge in [0.05, 0.1) is 13.3 Å². The molecule has 1 aliphatic rings. The van der Waals surface area contributed by atoms with Crippen molar-refractivity contribution < 1.29 is 4.74 Å². The van der Waals surface area contributed by atoms with Crippen molar-refractivity contribution in [2.45, 2.75) is 6.92 Å². The summed E-state index contributed by atoms with van der Waals surface area (Å²) >= 11 is 0. The minimum Gasteiger partial charge on any atom is -0.366 e. The van der Waals surface area contributed by atoms with Crippen LogP contribution in [0, 0.1) is 5.92 Å². The van der Waals surface area contributed by atoms with Gasteiger partial charge in [0.25, 0.3) is 0 Å². The Morgan fingerprint density at radius 1 is 1.62 bits per heavy atom. The van der Waals surface area contributed by atoms with Crippen molar-refractivity contribution in [1.82, 2.24) is 4.90 Å². The molecule has 2 nitrogen and oxygen atoms in total. The molecule has 0 radical (unpaired) electrons. The highest BCUT2D eigenvalue weighted by Crippen LogP contribution is 2.04. The van der Waals surface area contributed by atoms with Crippen LogP contribution in [0.5, 0.6) is 0 Å². The van der Waals surface area contributed by atoms with Crippen molar-refractivity contribution in [3.05, 3.63) is 0 Å². The number of hydrogen-bond acceptors (Lipinski definition) is 2. The highest BCUT2D eigenvalue weighted by atomic mass is 16.5. The van der Waals surface area contributed by atoms with Gasteiger partial charge < -0.3 is 4.74 Å². The second-order valence-corrected chi connectivity index (χ2v) is 2.64. The molecule has 0 aromatic heterocycles. The molecule has 1 saturated heterocycles. The molecule has 1 heterocycles. The molecular formula is C6H13NO. The van der Waals surface area contributed by atoms with E-state index in [0.29, 0.717) is 5.92 Å². The van der Waals surface area contributed by atoms with Gasteiger partial charge in [0.2, 0.25) is 0 Å². The number of ether oxygens (including phenoxy) is 1. The van der Waals surface area contributed by atoms with Crippen molar-refractivity contribution in [3.63, 3.8) is 0 Å². The Bertz CT molecular complexity index is 66.9. The summed E-state index contributed by atoms with van der Waals surface area (Å²) in [6.45, 7) is 5.13. The first kappa shape index (κ1) is 6.05. The molecule has 0 aliphatic carbocycles. The van der Waals surface area contributed by atoms with Crippen molar-refractivity contribution in [3.8, 4) is 0 Å². The summed E-state index contributed by atoms with van der Waals surface area (Å²) in [7, 11) is 2.08. The summed E-state index contributed by atoms with van der Waals surface area (Å²) in [6, 6.07) is 0. The highest BCUT2D eigenvalue weighted by molar-refractivity contribution is 4.59. The molecule has 2 heteroatoms. The van der Waals surface area contributed by atoms with E-state index in [4.69, 9.17) is 4.74 Å². The molecule has 1 atom stereocenters. The lowest BCUT2D eigenvalue weighted by atomic mass is 10.2. The van der Waals surface area contributed by atoms with Gasteiger partial charge in [-0.2, -0.15) is 0 Å². The lowest BCUT2D eigenvalue weighted by molar-refractivity contribution is -0.0279. The maximum atomic E-state index is 5.22. The van der Waals surface area contributed by atoms with Gasteiger partial charge in [0.15, 0.2) is 0 Å². The van der Waals surface area contributed by atoms with Gasteiger partial charge >= 0.3 is 0 Å². The molecule has 1 rings (SSSR count). The first-order valence-electron chi connectivity index (χ1n) is 3.05. The third-order valence-corrected chi connectivity index (χ3v) is 1.34. The van der Waals surface area contributed by atoms with Crippen LogP contribution in [0.25, 0.3) is 0 Å². The summed E-state index contributed by atoms with van der Waals surface area (Å²) in [5.74, 6) is 0.716. The minimum atomic E-state index is 0.716. The van der Waals surface area contributed by atoms with Crippen LogP contribution < -0.4 is 0 Å². The van der Waals surface area contributed by atoms with Crippen LogP contribution in [-0.4, -0.2) is 31.8 Å². The summed E-state index contributed by atoms with van der Waals surface area (Å²) in [6.07, 6.45) is 0. The summed E-state index contributed by atoms with van der Waals surface area (Å²) in [4.78, 5) is 2.19. The van der Waals surface area contributed by atoms with Gasteiger partial charge in [0.1, 0.15) is 0 Å². The van der Waals surface area contributed by atoms with E-state index >= 15 is 0 Å². The second-order valence-electron chi connectivity index (χ2n) is 2.64. The first-order valence-corrected chi connectivity index (χ1v) is 3.05. The molecule has 0 amide bonds. The van der Waals surface area contributed by atoms with Crippen molar-refractivity contribution >= 4 is 0 Å². The van der Waals surface area contributed by atoms with E-state index in [1.54, 1.807) is 0 Å². The maximum absolute atomic E-state index is 5.22. The monoisotopic (exact) mass is 115 g/mol. The lowest BCUT2D eigenvalue weighted by Crippen LogP contribution is -2.34. The van der Waals surface area contributed by atoms with E-state index < -0.39 is 0 Å². The zero-order chi connectivity index (χ0) is 5.98. The molecule has 48 valence electrons. The van der Waals surface area contributed by atoms with Crippen LogP contribution >= 0.6 is 0 Å². The number of hydrogen-bond donors (Lipinski definition) is 0. The third-order valence-electron chi connectivity index (χ3n) is 1.34. The molecule has 1 fully saturated rings. The Labute approximate surface area is 50.4 Å². The number of rotatable bonds is 0. The van der Waals surface area contributed by atoms with Crippen LogP contribution in [0.2, 0.25) is 0 Å². The van der Waals surface area contributed by atoms with E-state index in [-0.39, 0.29) is 0 Å². The average Bonchev–Trinajstić information content (AvgIpc) is 1.64. The van der Waals surface area contributed by atoms with E-state index in [0.717, 1.165) is 13.3 Å². The molecule has 0 bridgehead atoms. The molecule has 0 spiro atoms. The van der Waals surface area contributed by atoms with E-state index in [9.17, 15) is 0 Å². The Morgan fingerprint density at radius 2 is 2.38 bits per heavy atom. The molecule has 1 aliphatic heterocycles. The predicted molar refractivity (Wildman–Crippen MR) is 32.6 cm³/mol. The zero-order valence-electron chi connectivity index (χ0n) is 5.55. The van der Waals surface area contributed by atoms with Crippen molar-refractivity contribution in [1.29, 1.82) is 0 Å². The fourth-order valence-electron chi connectivity index (χ4n) is 1.05. The van der Waals surface area contributed by atoms with Gasteiger partial charge in [0, 0.05) is 6.54 Å². The zero-order valence-corrected chi connectivity index (χ0v) is 5.55. The van der Waals surface area contributed by atoms with Crippen LogP contribution in [0.1, 0.15) is 6.92 Å². The third kappa shape index (κ3) is 1.46. The van der Waals surface area contributed by atoms with Crippen LogP contribution in [0.15, 0.2) is 0 Å². The van der Waals surface area contributed by atoms with Crippen molar-refractivity contribution in [2.75, 3.05) is 26.9 Å². The molecule has 0 N–H and O–H groups in total. The largest absolute Gasteiger partial charge is 0.366 e. The second kappa shape index (κ2) is 2.46. The van der Waals surface area contributed by atoms with Gasteiger partial charge in [-0.3, -0.25) is 4.90 Å². The standard InChI is InChI=1S/C6H13NO/c1-6-3-7(2)5-8-4-6/h6H,3-5H2,1-2H3. The maximum Gasteiger partial charge on any atom is 0.0987 e. The Hall–Kier alpha value is -0.0800. The smallest absolute Gasteiger partial charge is 0.0987 e. The van der Waals surface area contributed by atoms with Crippen LogP contribution in [-0.2, 0) is 4.74 Å². The summed E-state index contributed by atoms with van der Waals surface area (Å²) < 4.78 is 5.22. The Morgan fingerprint density at radius 3 is 2.75 bits per heavy atom. The van der Waals surface area contributed by atoms with E-state index in [1.165, 1.54) is 6.54 Å². The Balaban J connectivity index is 2.23. The fraction of sp³-hybridized carbons (Fsp3) is 1.00. The van der Waals surface area contributed by atoms with Crippen molar-refractivity contribution in [2.24, 2.45) is 5.92 Å². The SMILES string of the molecule is CC1COCN(C)C1. The van der Waals surface area contributed by atoms with Crippen LogP contribution in [0.3, 0.4) is 0 Å². The molecule has 0 saturated carbocycles. The Kier molecular flexibility index (Phi) is 1.86. The summed E-state index contributed by atoms with van der Waals surface area (Å²) in [5.41, 5.74) is 0. The quantitative estimate of drug-likeness (QED) is 0.457. The predicted octanol–water partition coefficient (Wildman–Crippen LogP) is 0.542. The van der Waals surface area contributed by atoms with Gasteiger partial charge in [-0.1, -0.05) is 6.92 Å². The van der Waals surface area contributed by atoms with Gasteiger partial charge in [-0.25, -0.2) is 0 Å². The fourth-order valence-corrected chi connectivity index (χ4v) is 1.05. The van der Waals surface area contributed by atoms with E-state index in [2.05, 4.69) is 18.9 Å². The lowest BCUT2D eigenvalue weighted by Gasteiger charge is -2.26. The van der Waals surface area contributed by atoms with E-state index in [1.807, 2.05) is 0 Å².